The molecule has 2 unspecified atom stereocenters. The van der Waals surface area contributed by atoms with Crippen molar-refractivity contribution < 1.29 is 9.53 Å². The van der Waals surface area contributed by atoms with E-state index in [1.807, 2.05) is 30.3 Å². The second-order valence-corrected chi connectivity index (χ2v) is 3.83. The number of ether oxygens (including phenoxy) is 1. The van der Waals surface area contributed by atoms with E-state index in [1.54, 1.807) is 0 Å². The molecule has 0 amide bonds. The van der Waals surface area contributed by atoms with Gasteiger partial charge >= 0.3 is 5.97 Å². The van der Waals surface area contributed by atoms with E-state index in [1.165, 1.54) is 0 Å². The number of carbonyl (C=O) groups excluding carboxylic acids is 1. The number of benzene rings is 1. The van der Waals surface area contributed by atoms with Crippen LogP contribution >= 0.6 is 0 Å². The largest absolute Gasteiger partial charge is 0.454 e. The van der Waals surface area contributed by atoms with Gasteiger partial charge in [0.1, 0.15) is 5.60 Å². The fourth-order valence-electron chi connectivity index (χ4n) is 2.25. The van der Waals surface area contributed by atoms with Crippen molar-refractivity contribution in [2.24, 2.45) is 5.92 Å². The molecule has 1 saturated carbocycles. The van der Waals surface area contributed by atoms with Gasteiger partial charge in [-0.05, 0) is 12.0 Å². The Morgan fingerprint density at radius 3 is 2.69 bits per heavy atom. The van der Waals surface area contributed by atoms with Crippen LogP contribution in [0.5, 0.6) is 0 Å². The molecular weight excluding hydrogens is 164 g/mol. The first-order chi connectivity index (χ1) is 6.31. The summed E-state index contributed by atoms with van der Waals surface area (Å²) in [6.45, 7) is 0. The Bertz CT molecular complexity index is 358. The van der Waals surface area contributed by atoms with Crippen LogP contribution in [0.2, 0.25) is 0 Å². The third-order valence-electron chi connectivity index (χ3n) is 3.02. The number of carbonyl (C=O) groups is 1. The normalized spacial score (nSPS) is 35.4. The Labute approximate surface area is 76.5 Å². The Hall–Kier alpha value is -1.31. The van der Waals surface area contributed by atoms with E-state index in [9.17, 15) is 4.79 Å². The number of hydrogen-bond donors (Lipinski definition) is 0. The zero-order chi connectivity index (χ0) is 8.89. The van der Waals surface area contributed by atoms with Gasteiger partial charge in [-0.25, -0.2) is 0 Å². The van der Waals surface area contributed by atoms with Crippen molar-refractivity contribution in [3.8, 4) is 0 Å². The third-order valence-corrected chi connectivity index (χ3v) is 3.02. The first-order valence-electron chi connectivity index (χ1n) is 4.59. The van der Waals surface area contributed by atoms with Gasteiger partial charge in [0.25, 0.3) is 0 Å². The van der Waals surface area contributed by atoms with E-state index in [0.29, 0.717) is 12.3 Å². The molecule has 66 valence electrons. The minimum absolute atomic E-state index is 0.0416. The van der Waals surface area contributed by atoms with Crippen molar-refractivity contribution in [1.82, 2.24) is 0 Å². The first-order valence-corrected chi connectivity index (χ1v) is 4.59. The molecule has 13 heavy (non-hydrogen) atoms. The summed E-state index contributed by atoms with van der Waals surface area (Å²) in [5.41, 5.74) is 0.934. The summed E-state index contributed by atoms with van der Waals surface area (Å²) in [6.07, 6.45) is 1.62. The fourth-order valence-corrected chi connectivity index (χ4v) is 2.25. The molecule has 1 aromatic rings. The maximum atomic E-state index is 11.0. The van der Waals surface area contributed by atoms with Crippen molar-refractivity contribution in [1.29, 1.82) is 0 Å². The van der Waals surface area contributed by atoms with Gasteiger partial charge < -0.3 is 4.74 Å². The van der Waals surface area contributed by atoms with E-state index in [2.05, 4.69) is 0 Å². The minimum Gasteiger partial charge on any atom is -0.454 e. The van der Waals surface area contributed by atoms with E-state index in [0.717, 1.165) is 12.0 Å². The molecule has 2 heteroatoms. The summed E-state index contributed by atoms with van der Waals surface area (Å²) in [5, 5.41) is 0. The second kappa shape index (κ2) is 2.13. The molecule has 1 aromatic carbocycles. The molecule has 2 fully saturated rings. The lowest BCUT2D eigenvalue weighted by Gasteiger charge is -2.12. The van der Waals surface area contributed by atoms with Gasteiger partial charge in [-0.3, -0.25) is 4.79 Å². The van der Waals surface area contributed by atoms with Gasteiger partial charge in [-0.2, -0.15) is 0 Å². The maximum absolute atomic E-state index is 11.0. The molecule has 0 N–H and O–H groups in total. The summed E-state index contributed by atoms with van der Waals surface area (Å²) < 4.78 is 5.37. The summed E-state index contributed by atoms with van der Waals surface area (Å²) in [4.78, 5) is 11.0. The van der Waals surface area contributed by atoms with Gasteiger partial charge in [0, 0.05) is 5.92 Å². The summed E-state index contributed by atoms with van der Waals surface area (Å²) in [5.74, 6) is 0.405. The van der Waals surface area contributed by atoms with E-state index < -0.39 is 0 Å². The van der Waals surface area contributed by atoms with Crippen molar-refractivity contribution in [2.75, 3.05) is 0 Å². The molecule has 0 radical (unpaired) electrons. The monoisotopic (exact) mass is 174 g/mol. The molecule has 3 rings (SSSR count). The fraction of sp³-hybridized carbons (Fsp3) is 0.364. The highest BCUT2D eigenvalue weighted by Gasteiger charge is 2.64. The minimum atomic E-state index is -0.224. The van der Waals surface area contributed by atoms with E-state index in [-0.39, 0.29) is 11.6 Å². The molecule has 2 nitrogen and oxygen atoms in total. The van der Waals surface area contributed by atoms with Gasteiger partial charge in [0.05, 0.1) is 6.42 Å². The lowest BCUT2D eigenvalue weighted by molar-refractivity contribution is -0.145. The molecule has 1 aliphatic carbocycles. The highest BCUT2D eigenvalue weighted by Crippen LogP contribution is 2.61. The molecule has 1 heterocycles. The lowest BCUT2D eigenvalue weighted by Crippen LogP contribution is -2.11. The lowest BCUT2D eigenvalue weighted by atomic mass is 10.1. The Morgan fingerprint density at radius 2 is 2.08 bits per heavy atom. The van der Waals surface area contributed by atoms with Gasteiger partial charge in [0.15, 0.2) is 0 Å². The van der Waals surface area contributed by atoms with Crippen LogP contribution in [0.25, 0.3) is 0 Å². The number of esters is 1. The number of fused-ring (bicyclic) bond motifs is 1. The molecule has 1 aliphatic heterocycles. The average molecular weight is 174 g/mol. The Kier molecular flexibility index (Phi) is 1.17. The van der Waals surface area contributed by atoms with Gasteiger partial charge in [0.2, 0.25) is 0 Å². The number of rotatable bonds is 1. The van der Waals surface area contributed by atoms with Crippen molar-refractivity contribution in [3.05, 3.63) is 35.9 Å². The van der Waals surface area contributed by atoms with Crippen LogP contribution in [0, 0.1) is 5.92 Å². The first kappa shape index (κ1) is 7.13. The van der Waals surface area contributed by atoms with Gasteiger partial charge in [-0.1, -0.05) is 30.3 Å². The molecule has 0 aromatic heterocycles. The van der Waals surface area contributed by atoms with Crippen LogP contribution in [0.1, 0.15) is 18.4 Å². The SMILES string of the molecule is O=C1CC2CC2(c2ccccc2)O1. The molecule has 2 atom stereocenters. The Balaban J connectivity index is 2.00. The standard InChI is InChI=1S/C11H10O2/c12-10-6-9-7-11(9,13-10)8-4-2-1-3-5-8/h1-5,9H,6-7H2. The quantitative estimate of drug-likeness (QED) is 0.607. The zero-order valence-corrected chi connectivity index (χ0v) is 7.19. The summed E-state index contributed by atoms with van der Waals surface area (Å²) in [7, 11) is 0. The molecule has 1 saturated heterocycles. The van der Waals surface area contributed by atoms with E-state index in [4.69, 9.17) is 4.74 Å². The van der Waals surface area contributed by atoms with Crippen LogP contribution in [0.15, 0.2) is 30.3 Å². The summed E-state index contributed by atoms with van der Waals surface area (Å²) in [6, 6.07) is 10.0. The van der Waals surface area contributed by atoms with Gasteiger partial charge in [-0.15, -0.1) is 0 Å². The topological polar surface area (TPSA) is 26.3 Å². The van der Waals surface area contributed by atoms with Crippen LogP contribution in [0.3, 0.4) is 0 Å². The predicted molar refractivity (Wildman–Crippen MR) is 46.9 cm³/mol. The second-order valence-electron chi connectivity index (χ2n) is 3.83. The maximum Gasteiger partial charge on any atom is 0.307 e. The average Bonchev–Trinajstić information content (AvgIpc) is 2.72. The molecule has 2 aliphatic rings. The Morgan fingerprint density at radius 1 is 1.31 bits per heavy atom. The van der Waals surface area contributed by atoms with Crippen molar-refractivity contribution >= 4 is 5.97 Å². The van der Waals surface area contributed by atoms with Crippen LogP contribution < -0.4 is 0 Å². The van der Waals surface area contributed by atoms with Crippen LogP contribution in [-0.2, 0) is 15.1 Å². The third kappa shape index (κ3) is 0.857. The predicted octanol–water partition coefficient (Wildman–Crippen LogP) is 1.85. The highest BCUT2D eigenvalue weighted by molar-refractivity contribution is 5.75. The highest BCUT2D eigenvalue weighted by atomic mass is 16.6. The molecule has 0 spiro atoms. The van der Waals surface area contributed by atoms with E-state index >= 15 is 0 Å². The summed E-state index contributed by atoms with van der Waals surface area (Å²) >= 11 is 0. The van der Waals surface area contributed by atoms with Crippen molar-refractivity contribution in [2.45, 2.75) is 18.4 Å². The van der Waals surface area contributed by atoms with Crippen LogP contribution in [0.4, 0.5) is 0 Å². The molecular formula is C11H10O2. The molecule has 0 bridgehead atoms. The van der Waals surface area contributed by atoms with Crippen molar-refractivity contribution in [3.63, 3.8) is 0 Å². The number of hydrogen-bond acceptors (Lipinski definition) is 2. The van der Waals surface area contributed by atoms with Crippen LogP contribution in [-0.4, -0.2) is 5.97 Å². The zero-order valence-electron chi connectivity index (χ0n) is 7.19. The smallest absolute Gasteiger partial charge is 0.307 e.